The Kier molecular flexibility index (Phi) is 12.8. The van der Waals surface area contributed by atoms with E-state index in [0.29, 0.717) is 45.9 Å². The van der Waals surface area contributed by atoms with Gasteiger partial charge in [-0.05, 0) is 71.2 Å². The van der Waals surface area contributed by atoms with Crippen LogP contribution < -0.4 is 16.0 Å². The maximum Gasteiger partial charge on any atom is 0.410 e. The van der Waals surface area contributed by atoms with Gasteiger partial charge in [-0.1, -0.05) is 63.2 Å². The van der Waals surface area contributed by atoms with Crippen LogP contribution in [-0.2, 0) is 27.2 Å². The molecule has 0 radical (unpaired) electrons. The molecule has 51 heavy (non-hydrogen) atoms. The van der Waals surface area contributed by atoms with Crippen LogP contribution in [0.1, 0.15) is 31.9 Å². The van der Waals surface area contributed by atoms with Crippen LogP contribution in [0.25, 0.3) is 11.1 Å². The molecule has 3 N–H and O–H groups in total. The summed E-state index contributed by atoms with van der Waals surface area (Å²) in [7, 11) is -1.84. The van der Waals surface area contributed by atoms with Crippen molar-refractivity contribution in [3.8, 4) is 11.1 Å². The monoisotopic (exact) mass is 709 g/mol. The third-order valence-corrected chi connectivity index (χ3v) is 13.9. The molecular weight excluding hydrogens is 659 g/mol. The Hall–Kier alpha value is -4.78. The van der Waals surface area contributed by atoms with Crippen molar-refractivity contribution >= 4 is 37.6 Å². The predicted octanol–water partition coefficient (Wildman–Crippen LogP) is 6.89. The molecular formula is C39H51N7O4Si. The highest BCUT2D eigenvalue weighted by Crippen LogP contribution is 2.37. The van der Waals surface area contributed by atoms with Gasteiger partial charge in [-0.2, -0.15) is 0 Å². The Morgan fingerprint density at radius 1 is 0.784 bits per heavy atom. The second kappa shape index (κ2) is 17.4. The fourth-order valence-electron chi connectivity index (χ4n) is 5.25. The second-order valence-electron chi connectivity index (χ2n) is 14.2. The van der Waals surface area contributed by atoms with Gasteiger partial charge < -0.3 is 34.9 Å². The normalized spacial score (nSPS) is 13.5. The van der Waals surface area contributed by atoms with Gasteiger partial charge in [0, 0.05) is 62.9 Å². The molecule has 4 aromatic rings. The number of hydrogen-bond donors (Lipinski definition) is 3. The number of pyridine rings is 2. The van der Waals surface area contributed by atoms with Crippen molar-refractivity contribution in [3.05, 3.63) is 102 Å². The molecule has 2 amide bonds. The summed E-state index contributed by atoms with van der Waals surface area (Å²) in [6, 6.07) is 25.8. The smallest absolute Gasteiger partial charge is 0.410 e. The van der Waals surface area contributed by atoms with Crippen LogP contribution in [0.2, 0.25) is 18.1 Å². The average Bonchev–Trinajstić information content (AvgIpc) is 3.13. The molecule has 12 heteroatoms. The molecule has 0 atom stereocenters. The van der Waals surface area contributed by atoms with Gasteiger partial charge in [0.25, 0.3) is 0 Å². The number of carbonyl (C=O) groups is 2. The van der Waals surface area contributed by atoms with Crippen molar-refractivity contribution in [3.63, 3.8) is 0 Å². The molecule has 0 spiro atoms. The van der Waals surface area contributed by atoms with Crippen LogP contribution in [0.4, 0.5) is 22.1 Å². The van der Waals surface area contributed by atoms with Gasteiger partial charge in [0.2, 0.25) is 5.91 Å². The van der Waals surface area contributed by atoms with Crippen LogP contribution in [0, 0.1) is 0 Å². The van der Waals surface area contributed by atoms with E-state index in [-0.39, 0.29) is 30.2 Å². The topological polar surface area (TPSA) is 121 Å². The molecule has 11 nitrogen and oxygen atoms in total. The Balaban J connectivity index is 1.00. The highest BCUT2D eigenvalue weighted by Gasteiger charge is 2.37. The summed E-state index contributed by atoms with van der Waals surface area (Å²) < 4.78 is 11.8. The zero-order valence-corrected chi connectivity index (χ0v) is 31.4. The van der Waals surface area contributed by atoms with E-state index in [1.165, 1.54) is 0 Å². The predicted molar refractivity (Wildman–Crippen MR) is 205 cm³/mol. The van der Waals surface area contributed by atoms with E-state index in [4.69, 9.17) is 9.16 Å². The molecule has 1 aliphatic heterocycles. The minimum Gasteiger partial charge on any atom is -0.445 e. The van der Waals surface area contributed by atoms with E-state index in [1.54, 1.807) is 16.0 Å². The van der Waals surface area contributed by atoms with Gasteiger partial charge in [0.05, 0.1) is 13.2 Å². The summed E-state index contributed by atoms with van der Waals surface area (Å²) in [4.78, 5) is 37.7. The van der Waals surface area contributed by atoms with Crippen molar-refractivity contribution < 1.29 is 18.8 Å². The average molecular weight is 710 g/mol. The first-order chi connectivity index (χ1) is 24.5. The molecule has 0 bridgehead atoms. The number of ether oxygens (including phenoxy) is 1. The summed E-state index contributed by atoms with van der Waals surface area (Å²) in [5, 5.41) is 10.1. The molecule has 1 saturated heterocycles. The number of amides is 2. The lowest BCUT2D eigenvalue weighted by molar-refractivity contribution is -0.131. The first kappa shape index (κ1) is 37.5. The third kappa shape index (κ3) is 11.1. The van der Waals surface area contributed by atoms with E-state index in [2.05, 4.69) is 71.9 Å². The molecule has 0 saturated carbocycles. The van der Waals surface area contributed by atoms with Gasteiger partial charge >= 0.3 is 6.09 Å². The Morgan fingerprint density at radius 3 is 2.25 bits per heavy atom. The number of carbonyl (C=O) groups excluding carboxylic acids is 2. The molecule has 3 heterocycles. The molecule has 0 unspecified atom stereocenters. The van der Waals surface area contributed by atoms with Crippen molar-refractivity contribution in [2.75, 3.05) is 56.4 Å². The van der Waals surface area contributed by atoms with Gasteiger partial charge in [-0.3, -0.25) is 4.79 Å². The molecule has 1 aliphatic rings. The fraction of sp³-hybridized carbons (Fsp3) is 0.385. The van der Waals surface area contributed by atoms with Gasteiger partial charge in [-0.25, -0.2) is 14.8 Å². The molecule has 270 valence electrons. The molecule has 1 fully saturated rings. The summed E-state index contributed by atoms with van der Waals surface area (Å²) >= 11 is 0. The Labute approximate surface area is 302 Å². The number of nitrogens with zero attached hydrogens (tertiary/aromatic N) is 4. The summed E-state index contributed by atoms with van der Waals surface area (Å²) in [6.45, 7) is 15.5. The molecule has 5 rings (SSSR count). The van der Waals surface area contributed by atoms with E-state index in [1.807, 2.05) is 72.9 Å². The Bertz CT molecular complexity index is 1720. The third-order valence-electron chi connectivity index (χ3n) is 9.44. The number of rotatable bonds is 14. The lowest BCUT2D eigenvalue weighted by Gasteiger charge is -2.36. The number of hydrogen-bond acceptors (Lipinski definition) is 9. The SMILES string of the molecule is CC(C)(C)[Si](C)(C)OCc1cccc(Nc2cc(-c3ccc(NCCNCC(=O)N4CCN(C(=O)OCc5ccccc5)CC4)nc3)ccn2)c1. The van der Waals surface area contributed by atoms with Crippen molar-refractivity contribution in [2.45, 2.75) is 52.1 Å². The van der Waals surface area contributed by atoms with Crippen LogP contribution in [-0.4, -0.2) is 85.9 Å². The van der Waals surface area contributed by atoms with Crippen LogP contribution in [0.3, 0.4) is 0 Å². The second-order valence-corrected chi connectivity index (χ2v) is 19.1. The largest absolute Gasteiger partial charge is 0.445 e. The number of benzene rings is 2. The van der Waals surface area contributed by atoms with Crippen molar-refractivity contribution in [1.29, 1.82) is 0 Å². The van der Waals surface area contributed by atoms with E-state index >= 15 is 0 Å². The zero-order valence-electron chi connectivity index (χ0n) is 30.4. The lowest BCUT2D eigenvalue weighted by Crippen LogP contribution is -2.52. The number of aromatic nitrogens is 2. The fourth-order valence-corrected chi connectivity index (χ4v) is 6.21. The van der Waals surface area contributed by atoms with Gasteiger partial charge in [0.15, 0.2) is 8.32 Å². The Morgan fingerprint density at radius 2 is 1.53 bits per heavy atom. The number of piperazine rings is 1. The maximum atomic E-state index is 12.7. The van der Waals surface area contributed by atoms with E-state index in [0.717, 1.165) is 39.6 Å². The summed E-state index contributed by atoms with van der Waals surface area (Å²) in [6.07, 6.45) is 3.29. The summed E-state index contributed by atoms with van der Waals surface area (Å²) in [5.41, 5.74) is 5.03. The van der Waals surface area contributed by atoms with E-state index in [9.17, 15) is 9.59 Å². The first-order valence-corrected chi connectivity index (χ1v) is 20.5. The quantitative estimate of drug-likeness (QED) is 0.0950. The van der Waals surface area contributed by atoms with Crippen molar-refractivity contribution in [2.24, 2.45) is 0 Å². The zero-order chi connectivity index (χ0) is 36.3. The van der Waals surface area contributed by atoms with Crippen LogP contribution in [0.15, 0.2) is 91.3 Å². The highest BCUT2D eigenvalue weighted by molar-refractivity contribution is 6.74. The standard InChI is InChI=1S/C39H51N7O4Si/c1-39(2,3)51(4,5)50-29-31-12-9-13-34(24-31)44-36-25-32(16-17-41-36)33-14-15-35(43-26-33)42-19-18-40-27-37(47)45-20-22-46(23-21-45)38(48)49-28-30-10-7-6-8-11-30/h6-17,24-26,40H,18-23,27-29H2,1-5H3,(H,41,44)(H,42,43). The first-order valence-electron chi connectivity index (χ1n) is 17.6. The number of anilines is 3. The molecule has 0 aliphatic carbocycles. The molecule has 2 aromatic carbocycles. The minimum atomic E-state index is -1.84. The van der Waals surface area contributed by atoms with Gasteiger partial charge in [0.1, 0.15) is 18.2 Å². The number of nitrogens with one attached hydrogen (secondary N) is 3. The van der Waals surface area contributed by atoms with Gasteiger partial charge in [-0.15, -0.1) is 0 Å². The molecule has 2 aromatic heterocycles. The summed E-state index contributed by atoms with van der Waals surface area (Å²) in [5.74, 6) is 1.52. The van der Waals surface area contributed by atoms with Crippen LogP contribution >= 0.6 is 0 Å². The minimum absolute atomic E-state index is 0.0179. The van der Waals surface area contributed by atoms with E-state index < -0.39 is 8.32 Å². The van der Waals surface area contributed by atoms with Crippen molar-refractivity contribution in [1.82, 2.24) is 25.1 Å². The maximum absolute atomic E-state index is 12.7. The highest BCUT2D eigenvalue weighted by atomic mass is 28.4. The lowest BCUT2D eigenvalue weighted by atomic mass is 10.1. The van der Waals surface area contributed by atoms with Crippen LogP contribution in [0.5, 0.6) is 0 Å².